The van der Waals surface area contributed by atoms with Gasteiger partial charge in [-0.1, -0.05) is 165 Å². The number of nitrogens with zero attached hydrogens (tertiary/aromatic N) is 2. The second kappa shape index (κ2) is 15.1. The van der Waals surface area contributed by atoms with E-state index in [4.69, 9.17) is 0 Å². The van der Waals surface area contributed by atoms with Gasteiger partial charge in [0.25, 0.3) is 6.71 Å². The maximum atomic E-state index is 2.61. The molecule has 3 heteroatoms. The monoisotopic (exact) mass is 814 g/mol. The third kappa shape index (κ3) is 6.22. The van der Waals surface area contributed by atoms with E-state index >= 15 is 0 Å². The van der Waals surface area contributed by atoms with Crippen molar-refractivity contribution in [2.24, 2.45) is 0 Å². The SMILES string of the molecule is CC(C)c1ccc(N2c3ccc(C(C)C)cc3B3c4cc(C(C)C)ccc4N(c4ccc(C(C)C)cc4-c4ccc5c6ccccc6c6ccccc6c5c4)c4cccc2c43)cc1. The van der Waals surface area contributed by atoms with Crippen molar-refractivity contribution in [1.82, 2.24) is 0 Å². The predicted octanol–water partition coefficient (Wildman–Crippen LogP) is 15.4. The lowest BCUT2D eigenvalue weighted by Crippen LogP contribution is -2.61. The van der Waals surface area contributed by atoms with Crippen molar-refractivity contribution in [2.75, 3.05) is 9.80 Å². The molecule has 0 fully saturated rings. The van der Waals surface area contributed by atoms with E-state index in [2.05, 4.69) is 229 Å². The van der Waals surface area contributed by atoms with Crippen LogP contribution in [0.2, 0.25) is 0 Å². The van der Waals surface area contributed by atoms with Gasteiger partial charge in [-0.3, -0.25) is 0 Å². The third-order valence-electron chi connectivity index (χ3n) is 14.2. The smallest absolute Gasteiger partial charge is 0.252 e. The van der Waals surface area contributed by atoms with Gasteiger partial charge in [0.2, 0.25) is 0 Å². The molecule has 0 amide bonds. The molecule has 0 saturated heterocycles. The first-order chi connectivity index (χ1) is 30.6. The molecular weight excluding hydrogens is 759 g/mol. The van der Waals surface area contributed by atoms with Gasteiger partial charge >= 0.3 is 0 Å². The average molecular weight is 815 g/mol. The Morgan fingerprint density at radius 2 is 0.778 bits per heavy atom. The van der Waals surface area contributed by atoms with Gasteiger partial charge < -0.3 is 9.80 Å². The summed E-state index contributed by atoms with van der Waals surface area (Å²) in [5, 5.41) is 7.77. The molecule has 0 saturated carbocycles. The molecule has 63 heavy (non-hydrogen) atoms. The van der Waals surface area contributed by atoms with Crippen LogP contribution in [0.1, 0.15) is 101 Å². The Morgan fingerprint density at radius 1 is 0.333 bits per heavy atom. The topological polar surface area (TPSA) is 6.48 Å². The van der Waals surface area contributed by atoms with Gasteiger partial charge in [-0.05, 0) is 155 Å². The van der Waals surface area contributed by atoms with Crippen LogP contribution in [0.3, 0.4) is 0 Å². The molecule has 9 aromatic carbocycles. The third-order valence-corrected chi connectivity index (χ3v) is 14.2. The summed E-state index contributed by atoms with van der Waals surface area (Å²) < 4.78 is 0. The molecule has 308 valence electrons. The van der Waals surface area contributed by atoms with Crippen molar-refractivity contribution >= 4 is 89.5 Å². The first-order valence-electron chi connectivity index (χ1n) is 23.2. The summed E-state index contributed by atoms with van der Waals surface area (Å²) in [5.74, 6) is 1.64. The lowest BCUT2D eigenvalue weighted by Gasteiger charge is -2.45. The summed E-state index contributed by atoms with van der Waals surface area (Å²) >= 11 is 0. The van der Waals surface area contributed by atoms with Gasteiger partial charge in [-0.25, -0.2) is 0 Å². The molecule has 0 aliphatic carbocycles. The van der Waals surface area contributed by atoms with Crippen molar-refractivity contribution in [1.29, 1.82) is 0 Å². The minimum Gasteiger partial charge on any atom is -0.311 e. The second-order valence-electron chi connectivity index (χ2n) is 19.3. The van der Waals surface area contributed by atoms with E-state index in [1.54, 1.807) is 0 Å². The molecular formula is C60H55BN2. The minimum atomic E-state index is 0.0692. The average Bonchev–Trinajstić information content (AvgIpc) is 3.31. The van der Waals surface area contributed by atoms with E-state index in [9.17, 15) is 0 Å². The standard InChI is InChI=1S/C60H55BN2/c1-36(2)40-20-26-45(27-21-40)62-56-30-24-42(38(5)6)34-53(56)61-54-35-43(39(7)8)25-31-57(54)63(59-19-13-18-58(62)60(59)61)55-29-23-41(37(3)4)32-51(55)44-22-28-50-48-16-10-9-14-46(48)47-15-11-12-17-49(47)52(50)33-44/h9-39H,1-8H3. The molecule has 0 spiro atoms. The molecule has 11 rings (SSSR count). The van der Waals surface area contributed by atoms with Crippen LogP contribution in [0, 0.1) is 0 Å². The Balaban J connectivity index is 1.20. The van der Waals surface area contributed by atoms with Crippen LogP contribution in [0.4, 0.5) is 34.1 Å². The number of benzene rings is 9. The number of rotatable bonds is 7. The highest BCUT2D eigenvalue weighted by atomic mass is 15.2. The molecule has 0 aromatic heterocycles. The molecule has 9 aromatic rings. The molecule has 2 aliphatic rings. The van der Waals surface area contributed by atoms with Crippen LogP contribution < -0.4 is 26.2 Å². The molecule has 0 atom stereocenters. The van der Waals surface area contributed by atoms with Gasteiger partial charge in [-0.15, -0.1) is 0 Å². The zero-order valence-corrected chi connectivity index (χ0v) is 37.9. The number of hydrogen-bond acceptors (Lipinski definition) is 2. The summed E-state index contributed by atoms with van der Waals surface area (Å²) in [7, 11) is 0. The van der Waals surface area contributed by atoms with E-state index in [-0.39, 0.29) is 6.71 Å². The van der Waals surface area contributed by atoms with E-state index in [1.165, 1.54) is 116 Å². The van der Waals surface area contributed by atoms with Crippen LogP contribution in [-0.2, 0) is 0 Å². The number of anilines is 6. The van der Waals surface area contributed by atoms with Crippen molar-refractivity contribution in [3.63, 3.8) is 0 Å². The van der Waals surface area contributed by atoms with Crippen LogP contribution in [0.25, 0.3) is 43.4 Å². The zero-order valence-electron chi connectivity index (χ0n) is 37.9. The second-order valence-corrected chi connectivity index (χ2v) is 19.3. The van der Waals surface area contributed by atoms with Gasteiger partial charge in [0.15, 0.2) is 0 Å². The van der Waals surface area contributed by atoms with E-state index < -0.39 is 0 Å². The van der Waals surface area contributed by atoms with Gasteiger partial charge in [-0.2, -0.15) is 0 Å². The van der Waals surface area contributed by atoms with Gasteiger partial charge in [0.05, 0.1) is 5.69 Å². The Kier molecular flexibility index (Phi) is 9.39. The highest BCUT2D eigenvalue weighted by Gasteiger charge is 2.44. The number of hydrogen-bond donors (Lipinski definition) is 0. The van der Waals surface area contributed by atoms with Crippen molar-refractivity contribution in [3.8, 4) is 11.1 Å². The fourth-order valence-corrected chi connectivity index (χ4v) is 10.7. The van der Waals surface area contributed by atoms with Gasteiger partial charge in [0, 0.05) is 34.0 Å². The maximum absolute atomic E-state index is 2.61. The van der Waals surface area contributed by atoms with E-state index in [0.29, 0.717) is 23.7 Å². The first-order valence-corrected chi connectivity index (χ1v) is 23.2. The Labute approximate surface area is 373 Å². The lowest BCUT2D eigenvalue weighted by atomic mass is 9.33. The highest BCUT2D eigenvalue weighted by molar-refractivity contribution is 7.00. The van der Waals surface area contributed by atoms with E-state index in [1.807, 2.05) is 0 Å². The fourth-order valence-electron chi connectivity index (χ4n) is 10.7. The van der Waals surface area contributed by atoms with E-state index in [0.717, 1.165) is 0 Å². The lowest BCUT2D eigenvalue weighted by molar-refractivity contribution is 0.866. The van der Waals surface area contributed by atoms with Crippen LogP contribution in [0.15, 0.2) is 164 Å². The minimum absolute atomic E-state index is 0.0692. The summed E-state index contributed by atoms with van der Waals surface area (Å²) in [5.41, 5.74) is 19.4. The molecule has 0 unspecified atom stereocenters. The predicted molar refractivity (Wildman–Crippen MR) is 275 cm³/mol. The van der Waals surface area contributed by atoms with Crippen LogP contribution >= 0.6 is 0 Å². The Hall–Kier alpha value is -6.58. The van der Waals surface area contributed by atoms with Crippen molar-refractivity contribution in [3.05, 3.63) is 186 Å². The fraction of sp³-hybridized carbons (Fsp3) is 0.200. The summed E-state index contributed by atoms with van der Waals surface area (Å²) in [4.78, 5) is 5.14. The molecule has 0 radical (unpaired) electrons. The summed E-state index contributed by atoms with van der Waals surface area (Å²) in [6, 6.07) is 63.2. The highest BCUT2D eigenvalue weighted by Crippen LogP contribution is 2.48. The summed E-state index contributed by atoms with van der Waals surface area (Å²) in [6.45, 7) is 18.5. The van der Waals surface area contributed by atoms with Crippen molar-refractivity contribution in [2.45, 2.75) is 79.1 Å². The zero-order chi connectivity index (χ0) is 43.3. The normalized spacial score (nSPS) is 13.2. The van der Waals surface area contributed by atoms with Crippen LogP contribution in [-0.4, -0.2) is 6.71 Å². The Bertz CT molecular complexity index is 3230. The molecule has 0 N–H and O–H groups in total. The van der Waals surface area contributed by atoms with Crippen molar-refractivity contribution < 1.29 is 0 Å². The first kappa shape index (κ1) is 39.3. The molecule has 2 heterocycles. The largest absolute Gasteiger partial charge is 0.311 e. The van der Waals surface area contributed by atoms with Gasteiger partial charge in [0.1, 0.15) is 0 Å². The molecule has 0 bridgehead atoms. The Morgan fingerprint density at radius 3 is 1.32 bits per heavy atom. The summed E-state index contributed by atoms with van der Waals surface area (Å²) in [6.07, 6.45) is 0. The number of fused-ring (bicyclic) bond motifs is 10. The molecule has 2 aliphatic heterocycles. The molecule has 2 nitrogen and oxygen atoms in total. The maximum Gasteiger partial charge on any atom is 0.252 e. The quantitative estimate of drug-likeness (QED) is 0.117. The van der Waals surface area contributed by atoms with Crippen LogP contribution in [0.5, 0.6) is 0 Å².